The second kappa shape index (κ2) is 12.7. The molecule has 1 saturated heterocycles. The molecular formula is C24H30N6O10. The van der Waals surface area contributed by atoms with Crippen LogP contribution in [-0.2, 0) is 43.7 Å². The molecule has 1 aliphatic heterocycles. The zero-order valence-electron chi connectivity index (χ0n) is 22.2. The number of fused-ring (bicyclic) bond motifs is 1. The third kappa shape index (κ3) is 6.28. The Bertz CT molecular complexity index is 1310. The Kier molecular flexibility index (Phi) is 9.58. The highest BCUT2D eigenvalue weighted by atomic mass is 16.7. The molecule has 0 spiro atoms. The van der Waals surface area contributed by atoms with Crippen LogP contribution in [0.2, 0.25) is 0 Å². The van der Waals surface area contributed by atoms with E-state index in [2.05, 4.69) is 20.1 Å². The molecule has 1 aliphatic rings. The van der Waals surface area contributed by atoms with E-state index in [4.69, 9.17) is 24.7 Å². The van der Waals surface area contributed by atoms with Gasteiger partial charge >= 0.3 is 24.0 Å². The molecule has 3 heterocycles. The maximum Gasteiger partial charge on any atom is 0.415 e. The van der Waals surface area contributed by atoms with Crippen LogP contribution in [0, 0.1) is 17.2 Å². The number of rotatable bonds is 10. The molecule has 0 aliphatic carbocycles. The molecule has 0 bridgehead atoms. The molecule has 16 nitrogen and oxygen atoms in total. The first-order valence-electron chi connectivity index (χ1n) is 12.2. The van der Waals surface area contributed by atoms with E-state index in [0.717, 1.165) is 13.3 Å². The Morgan fingerprint density at radius 1 is 1.27 bits per heavy atom. The SMILES string of the molecule is CCC(=O)O[C@H]1[C@@H](O)[C@](C#N)(c2ccc3c(NC(=O)OCOC(C)=O)ncnn23)O[C@@H]1COC(=O)C(N)C(C)C. The number of nitrogens with zero attached hydrogens (tertiary/aromatic N) is 4. The van der Waals surface area contributed by atoms with Gasteiger partial charge in [0, 0.05) is 13.3 Å². The summed E-state index contributed by atoms with van der Waals surface area (Å²) in [6, 6.07) is 3.84. The Balaban J connectivity index is 1.92. The minimum absolute atomic E-state index is 0.00138. The van der Waals surface area contributed by atoms with Crippen LogP contribution >= 0.6 is 0 Å². The van der Waals surface area contributed by atoms with Gasteiger partial charge in [-0.3, -0.25) is 19.7 Å². The van der Waals surface area contributed by atoms with Gasteiger partial charge in [-0.05, 0) is 18.1 Å². The minimum atomic E-state index is -2.15. The number of hydrogen-bond acceptors (Lipinski definition) is 14. The van der Waals surface area contributed by atoms with E-state index in [1.165, 1.54) is 16.6 Å². The van der Waals surface area contributed by atoms with Gasteiger partial charge in [-0.1, -0.05) is 20.8 Å². The lowest BCUT2D eigenvalue weighted by molar-refractivity contribution is -0.161. The molecular weight excluding hydrogens is 532 g/mol. The van der Waals surface area contributed by atoms with Crippen molar-refractivity contribution in [3.05, 3.63) is 24.2 Å². The number of anilines is 1. The van der Waals surface area contributed by atoms with Crippen molar-refractivity contribution in [2.75, 3.05) is 18.7 Å². The van der Waals surface area contributed by atoms with Gasteiger partial charge in [0.2, 0.25) is 12.4 Å². The topological polar surface area (TPSA) is 227 Å². The summed E-state index contributed by atoms with van der Waals surface area (Å²) >= 11 is 0. The number of carbonyl (C=O) groups is 4. The summed E-state index contributed by atoms with van der Waals surface area (Å²) in [7, 11) is 0. The van der Waals surface area contributed by atoms with Crippen molar-refractivity contribution in [2.45, 2.75) is 64.1 Å². The van der Waals surface area contributed by atoms with Gasteiger partial charge in [0.25, 0.3) is 0 Å². The highest BCUT2D eigenvalue weighted by Crippen LogP contribution is 2.42. The summed E-state index contributed by atoms with van der Waals surface area (Å²) in [4.78, 5) is 51.4. The van der Waals surface area contributed by atoms with Gasteiger partial charge in [0.1, 0.15) is 42.8 Å². The molecule has 40 heavy (non-hydrogen) atoms. The molecule has 16 heteroatoms. The van der Waals surface area contributed by atoms with Gasteiger partial charge in [-0.15, -0.1) is 0 Å². The number of aliphatic hydroxyl groups is 1. The maximum atomic E-state index is 12.3. The summed E-state index contributed by atoms with van der Waals surface area (Å²) in [5.41, 5.74) is 3.86. The third-order valence-electron chi connectivity index (χ3n) is 6.04. The molecule has 3 rings (SSSR count). The Morgan fingerprint density at radius 3 is 2.62 bits per heavy atom. The van der Waals surface area contributed by atoms with Gasteiger partial charge in [-0.25, -0.2) is 14.3 Å². The predicted molar refractivity (Wildman–Crippen MR) is 132 cm³/mol. The van der Waals surface area contributed by atoms with Crippen LogP contribution in [0.25, 0.3) is 5.52 Å². The predicted octanol–water partition coefficient (Wildman–Crippen LogP) is 0.125. The number of nitrogens with one attached hydrogen (secondary N) is 1. The standard InChI is InChI=1S/C24H30N6O10/c1-5-17(32)39-19-15(8-36-22(34)18(26)12(2)3)40-24(9-25,20(19)33)16-7-6-14-21(27-10-28-30(14)16)29-23(35)38-11-37-13(4)31/h6-7,10,12,15,18-20,33H,5,8,11,26H2,1-4H3,(H,27,28,29,35)/t15-,18?,19-,20-,24+/m1/s1. The highest BCUT2D eigenvalue weighted by molar-refractivity contribution is 5.88. The van der Waals surface area contributed by atoms with Crippen molar-refractivity contribution in [1.29, 1.82) is 5.26 Å². The zero-order valence-corrected chi connectivity index (χ0v) is 22.2. The van der Waals surface area contributed by atoms with E-state index in [1.807, 2.05) is 6.07 Å². The van der Waals surface area contributed by atoms with Gasteiger partial charge in [0.15, 0.2) is 11.9 Å². The molecule has 0 saturated carbocycles. The summed E-state index contributed by atoms with van der Waals surface area (Å²) in [6.45, 7) is 5.05. The van der Waals surface area contributed by atoms with E-state index >= 15 is 0 Å². The van der Waals surface area contributed by atoms with Gasteiger partial charge in [-0.2, -0.15) is 10.4 Å². The molecule has 0 radical (unpaired) electrons. The average molecular weight is 563 g/mol. The molecule has 2 aromatic heterocycles. The van der Waals surface area contributed by atoms with E-state index in [0.29, 0.717) is 0 Å². The minimum Gasteiger partial charge on any atom is -0.462 e. The van der Waals surface area contributed by atoms with Crippen LogP contribution in [0.4, 0.5) is 10.6 Å². The fourth-order valence-corrected chi connectivity index (χ4v) is 3.82. The van der Waals surface area contributed by atoms with Crippen LogP contribution in [0.5, 0.6) is 0 Å². The van der Waals surface area contributed by atoms with Crippen molar-refractivity contribution in [3.8, 4) is 6.07 Å². The van der Waals surface area contributed by atoms with Crippen LogP contribution in [0.3, 0.4) is 0 Å². The molecule has 0 aromatic carbocycles. The second-order valence-electron chi connectivity index (χ2n) is 9.09. The number of esters is 3. The summed E-state index contributed by atoms with van der Waals surface area (Å²) in [5.74, 6) is -2.33. The summed E-state index contributed by atoms with van der Waals surface area (Å²) in [6.07, 6.45) is -4.34. The quantitative estimate of drug-likeness (QED) is 0.199. The van der Waals surface area contributed by atoms with Crippen LogP contribution in [0.1, 0.15) is 39.8 Å². The van der Waals surface area contributed by atoms with E-state index < -0.39 is 67.4 Å². The van der Waals surface area contributed by atoms with Crippen molar-refractivity contribution >= 4 is 35.3 Å². The van der Waals surface area contributed by atoms with E-state index in [1.54, 1.807) is 20.8 Å². The molecule has 1 unspecified atom stereocenters. The first-order chi connectivity index (χ1) is 18.9. The summed E-state index contributed by atoms with van der Waals surface area (Å²) in [5, 5.41) is 28.0. The van der Waals surface area contributed by atoms with Crippen LogP contribution in [0.15, 0.2) is 18.5 Å². The number of ether oxygens (including phenoxy) is 5. The van der Waals surface area contributed by atoms with Crippen molar-refractivity contribution in [3.63, 3.8) is 0 Å². The number of carbonyl (C=O) groups excluding carboxylic acids is 4. The fourth-order valence-electron chi connectivity index (χ4n) is 3.82. The fraction of sp³-hybridized carbons (Fsp3) is 0.542. The van der Waals surface area contributed by atoms with Crippen molar-refractivity contribution < 1.29 is 48.0 Å². The smallest absolute Gasteiger partial charge is 0.415 e. The normalized spacial score (nSPS) is 22.8. The van der Waals surface area contributed by atoms with E-state index in [-0.39, 0.29) is 29.4 Å². The van der Waals surface area contributed by atoms with Crippen LogP contribution < -0.4 is 11.1 Å². The monoisotopic (exact) mass is 562 g/mol. The first kappa shape index (κ1) is 30.2. The number of hydrogen-bond donors (Lipinski definition) is 3. The lowest BCUT2D eigenvalue weighted by atomic mass is 9.92. The number of aromatic nitrogens is 3. The lowest BCUT2D eigenvalue weighted by Crippen LogP contribution is -2.43. The van der Waals surface area contributed by atoms with Crippen molar-refractivity contribution in [1.82, 2.24) is 14.6 Å². The molecule has 4 N–H and O–H groups in total. The Morgan fingerprint density at radius 2 is 2.00 bits per heavy atom. The zero-order chi connectivity index (χ0) is 29.6. The molecule has 1 fully saturated rings. The molecule has 1 amide bonds. The molecule has 216 valence electrons. The van der Waals surface area contributed by atoms with Crippen molar-refractivity contribution in [2.24, 2.45) is 11.7 Å². The van der Waals surface area contributed by atoms with Crippen LogP contribution in [-0.4, -0.2) is 81.5 Å². The highest BCUT2D eigenvalue weighted by Gasteiger charge is 2.60. The maximum absolute atomic E-state index is 12.3. The van der Waals surface area contributed by atoms with Gasteiger partial charge < -0.3 is 34.5 Å². The number of amides is 1. The van der Waals surface area contributed by atoms with Gasteiger partial charge in [0.05, 0.1) is 5.69 Å². The number of aliphatic hydroxyl groups excluding tert-OH is 1. The Labute approximate surface area is 228 Å². The largest absolute Gasteiger partial charge is 0.462 e. The molecule has 5 atom stereocenters. The number of nitrogens with two attached hydrogens (primary N) is 1. The Hall–Kier alpha value is -4.33. The third-order valence-corrected chi connectivity index (χ3v) is 6.04. The first-order valence-corrected chi connectivity index (χ1v) is 12.2. The number of nitriles is 1. The van der Waals surface area contributed by atoms with E-state index in [9.17, 15) is 29.5 Å². The average Bonchev–Trinajstić information content (AvgIpc) is 3.47. The second-order valence-corrected chi connectivity index (χ2v) is 9.09. The summed E-state index contributed by atoms with van der Waals surface area (Å²) < 4.78 is 27.1. The molecule has 2 aromatic rings. The lowest BCUT2D eigenvalue weighted by Gasteiger charge is -2.24.